The van der Waals surface area contributed by atoms with Gasteiger partial charge in [-0.05, 0) is 35.9 Å². The second-order valence-corrected chi connectivity index (χ2v) is 10.1. The molecular formula is C22H17F3N4O4S2. The average Bonchev–Trinajstić information content (AvgIpc) is 3.29. The Morgan fingerprint density at radius 2 is 1.69 bits per heavy atom. The van der Waals surface area contributed by atoms with E-state index < -0.39 is 28.1 Å². The van der Waals surface area contributed by atoms with Crippen molar-refractivity contribution in [1.82, 2.24) is 15.2 Å². The Bertz CT molecular complexity index is 1430. The van der Waals surface area contributed by atoms with Gasteiger partial charge in [0.25, 0.3) is 0 Å². The lowest BCUT2D eigenvalue weighted by Gasteiger charge is -2.11. The summed E-state index contributed by atoms with van der Waals surface area (Å²) >= 11 is 1.20. The third kappa shape index (κ3) is 5.42. The van der Waals surface area contributed by atoms with Gasteiger partial charge in [0, 0.05) is 13.3 Å². The van der Waals surface area contributed by atoms with Crippen molar-refractivity contribution in [3.63, 3.8) is 0 Å². The molecular weight excluding hydrogens is 505 g/mol. The van der Waals surface area contributed by atoms with E-state index in [4.69, 9.17) is 10.5 Å². The highest BCUT2D eigenvalue weighted by Gasteiger charge is 2.31. The Balaban J connectivity index is 1.59. The zero-order valence-electron chi connectivity index (χ0n) is 17.9. The third-order valence-electron chi connectivity index (χ3n) is 4.78. The number of halogens is 3. The number of hydrogen-bond donors (Lipinski definition) is 1. The van der Waals surface area contributed by atoms with Crippen molar-refractivity contribution < 1.29 is 31.1 Å². The number of methoxy groups -OCH3 is 1. The first-order chi connectivity index (χ1) is 16.6. The van der Waals surface area contributed by atoms with E-state index >= 15 is 0 Å². The van der Waals surface area contributed by atoms with Crippen LogP contribution in [0.25, 0.3) is 10.7 Å². The molecule has 0 aliphatic heterocycles. The predicted octanol–water partition coefficient (Wildman–Crippen LogP) is 4.65. The Labute approximate surface area is 202 Å². The van der Waals surface area contributed by atoms with Crippen LogP contribution in [0.15, 0.2) is 76.7 Å². The number of benzene rings is 2. The van der Waals surface area contributed by atoms with Crippen molar-refractivity contribution in [1.29, 1.82) is 0 Å². The number of alkyl halides is 3. The van der Waals surface area contributed by atoms with E-state index in [0.29, 0.717) is 10.0 Å². The zero-order chi connectivity index (χ0) is 25.2. The zero-order valence-corrected chi connectivity index (χ0v) is 19.6. The minimum atomic E-state index is -4.89. The van der Waals surface area contributed by atoms with Crippen molar-refractivity contribution in [2.75, 3.05) is 12.8 Å². The Hall–Kier alpha value is -3.55. The lowest BCUT2D eigenvalue weighted by molar-refractivity contribution is -0.274. The topological polar surface area (TPSA) is 117 Å². The molecule has 4 aromatic rings. The van der Waals surface area contributed by atoms with Gasteiger partial charge in [0.1, 0.15) is 17.5 Å². The number of hydrogen-bond acceptors (Lipinski definition) is 9. The number of nitrogens with two attached hydrogens (primary N) is 1. The molecule has 35 heavy (non-hydrogen) atoms. The molecule has 0 saturated carbocycles. The smallest absolute Gasteiger partial charge is 0.406 e. The van der Waals surface area contributed by atoms with Crippen LogP contribution in [0.4, 0.5) is 18.9 Å². The molecule has 182 valence electrons. The van der Waals surface area contributed by atoms with Crippen LogP contribution in [0.5, 0.6) is 5.75 Å². The summed E-state index contributed by atoms with van der Waals surface area (Å²) < 4.78 is 72.2. The molecule has 13 heteroatoms. The number of aromatic nitrogens is 3. The van der Waals surface area contributed by atoms with Gasteiger partial charge in [-0.1, -0.05) is 41.7 Å². The number of nitrogen functional groups attached to an aromatic ring is 1. The van der Waals surface area contributed by atoms with Crippen LogP contribution < -0.4 is 10.5 Å². The Morgan fingerprint density at radius 3 is 2.29 bits per heavy atom. The normalized spacial score (nSPS) is 12.9. The molecule has 2 aromatic heterocycles. The summed E-state index contributed by atoms with van der Waals surface area (Å²) in [6, 6.07) is 14.5. The molecule has 2 N–H and O–H groups in total. The van der Waals surface area contributed by atoms with Gasteiger partial charge in [-0.3, -0.25) is 4.98 Å². The van der Waals surface area contributed by atoms with E-state index in [1.54, 1.807) is 7.11 Å². The fourth-order valence-corrected chi connectivity index (χ4v) is 5.40. The molecule has 0 spiro atoms. The van der Waals surface area contributed by atoms with Crippen LogP contribution in [-0.2, 0) is 14.6 Å². The van der Waals surface area contributed by atoms with E-state index in [9.17, 15) is 21.6 Å². The fourth-order valence-electron chi connectivity index (χ4n) is 3.19. The van der Waals surface area contributed by atoms with Gasteiger partial charge in [0.15, 0.2) is 10.0 Å². The lowest BCUT2D eigenvalue weighted by Crippen LogP contribution is -2.17. The molecule has 0 bridgehead atoms. The van der Waals surface area contributed by atoms with Crippen molar-refractivity contribution in [2.24, 2.45) is 0 Å². The SMILES string of the molecule is COC(c1ccccc1)c1nnc(-c2ncc(S(=O)(=O)c3ccc(OC(F)(F)F)cc3)cc2N)s1. The molecule has 1 unspecified atom stereocenters. The monoisotopic (exact) mass is 522 g/mol. The number of anilines is 1. The van der Waals surface area contributed by atoms with E-state index in [2.05, 4.69) is 19.9 Å². The van der Waals surface area contributed by atoms with Crippen LogP contribution in [0.2, 0.25) is 0 Å². The number of pyridine rings is 1. The minimum absolute atomic E-state index is 0.0412. The summed E-state index contributed by atoms with van der Waals surface area (Å²) in [5, 5.41) is 9.22. The van der Waals surface area contributed by atoms with Gasteiger partial charge in [-0.25, -0.2) is 8.42 Å². The van der Waals surface area contributed by atoms with Gasteiger partial charge in [-0.15, -0.1) is 23.4 Å². The van der Waals surface area contributed by atoms with Crippen molar-refractivity contribution in [2.45, 2.75) is 22.3 Å². The standard InChI is InChI=1S/C22H17F3N4O4S2/c1-32-19(13-5-3-2-4-6-13)21-29-28-20(34-21)18-17(26)11-16(12-27-18)35(30,31)15-9-7-14(8-10-15)33-22(23,24)25/h2-12,19H,26H2,1H3. The van der Waals surface area contributed by atoms with Gasteiger partial charge in [0.05, 0.1) is 15.5 Å². The first kappa shape index (κ1) is 24.6. The summed E-state index contributed by atoms with van der Waals surface area (Å²) in [6.07, 6.45) is -4.23. The van der Waals surface area contributed by atoms with E-state index in [1.165, 1.54) is 17.4 Å². The summed E-state index contributed by atoms with van der Waals surface area (Å²) in [7, 11) is -2.55. The molecule has 4 rings (SSSR count). The third-order valence-corrected chi connectivity index (χ3v) is 7.49. The lowest BCUT2D eigenvalue weighted by atomic mass is 10.1. The molecule has 0 aliphatic rings. The van der Waals surface area contributed by atoms with Crippen LogP contribution >= 0.6 is 11.3 Å². The summed E-state index contributed by atoms with van der Waals surface area (Å²) in [5.74, 6) is -0.540. The molecule has 0 saturated heterocycles. The average molecular weight is 523 g/mol. The van der Waals surface area contributed by atoms with Crippen molar-refractivity contribution >= 4 is 26.9 Å². The van der Waals surface area contributed by atoms with Crippen LogP contribution in [0.1, 0.15) is 16.7 Å². The van der Waals surface area contributed by atoms with Gasteiger partial charge in [-0.2, -0.15) is 0 Å². The van der Waals surface area contributed by atoms with Crippen LogP contribution in [0, 0.1) is 0 Å². The quantitative estimate of drug-likeness (QED) is 0.373. The number of nitrogens with zero attached hydrogens (tertiary/aromatic N) is 3. The first-order valence-corrected chi connectivity index (χ1v) is 12.2. The van der Waals surface area contributed by atoms with Gasteiger partial charge < -0.3 is 15.2 Å². The fraction of sp³-hybridized carbons (Fsp3) is 0.136. The molecule has 8 nitrogen and oxygen atoms in total. The molecule has 2 heterocycles. The van der Waals surface area contributed by atoms with Gasteiger partial charge in [0.2, 0.25) is 9.84 Å². The molecule has 0 fully saturated rings. The summed E-state index contributed by atoms with van der Waals surface area (Å²) in [4.78, 5) is 3.69. The van der Waals surface area contributed by atoms with Crippen molar-refractivity contribution in [3.8, 4) is 16.5 Å². The molecule has 0 aliphatic carbocycles. The van der Waals surface area contributed by atoms with Crippen LogP contribution in [0.3, 0.4) is 0 Å². The summed E-state index contributed by atoms with van der Waals surface area (Å²) in [6.45, 7) is 0. The number of ether oxygens (including phenoxy) is 2. The largest absolute Gasteiger partial charge is 0.573 e. The maximum Gasteiger partial charge on any atom is 0.573 e. The predicted molar refractivity (Wildman–Crippen MR) is 121 cm³/mol. The van der Waals surface area contributed by atoms with E-state index in [0.717, 1.165) is 36.0 Å². The molecule has 0 radical (unpaired) electrons. The summed E-state index contributed by atoms with van der Waals surface area (Å²) in [5.41, 5.74) is 7.25. The molecule has 1 atom stereocenters. The van der Waals surface area contributed by atoms with Gasteiger partial charge >= 0.3 is 6.36 Å². The minimum Gasteiger partial charge on any atom is -0.406 e. The number of rotatable bonds is 7. The molecule has 2 aromatic carbocycles. The van der Waals surface area contributed by atoms with E-state index in [-0.39, 0.29) is 21.2 Å². The van der Waals surface area contributed by atoms with Crippen molar-refractivity contribution in [3.05, 3.63) is 77.4 Å². The maximum absolute atomic E-state index is 12.9. The highest BCUT2D eigenvalue weighted by molar-refractivity contribution is 7.91. The highest BCUT2D eigenvalue weighted by atomic mass is 32.2. The van der Waals surface area contributed by atoms with Crippen LogP contribution in [-0.4, -0.2) is 37.1 Å². The molecule has 0 amide bonds. The second kappa shape index (κ2) is 9.60. The van der Waals surface area contributed by atoms with E-state index in [1.807, 2.05) is 30.3 Å². The maximum atomic E-state index is 12.9. The Kier molecular flexibility index (Phi) is 6.74. The first-order valence-electron chi connectivity index (χ1n) is 9.86. The Morgan fingerprint density at radius 1 is 1.00 bits per heavy atom. The second-order valence-electron chi connectivity index (χ2n) is 7.10. The number of sulfone groups is 1. The highest BCUT2D eigenvalue weighted by Crippen LogP contribution is 2.34.